The van der Waals surface area contributed by atoms with Crippen molar-refractivity contribution in [2.24, 2.45) is 11.3 Å². The lowest BCUT2D eigenvalue weighted by Gasteiger charge is -2.31. The summed E-state index contributed by atoms with van der Waals surface area (Å²) in [6.45, 7) is 0. The Morgan fingerprint density at radius 2 is 2.12 bits per heavy atom. The summed E-state index contributed by atoms with van der Waals surface area (Å²) in [7, 11) is 0. The Morgan fingerprint density at radius 3 is 3.00 bits per heavy atom. The fraction of sp³-hybridized carbons (Fsp3) is 0.714. The van der Waals surface area contributed by atoms with Gasteiger partial charge in [0.05, 0.1) is 11.5 Å². The summed E-state index contributed by atoms with van der Waals surface area (Å²) in [4.78, 5) is 24.5. The molecule has 1 unspecified atom stereocenters. The summed E-state index contributed by atoms with van der Waals surface area (Å²) in [6, 6.07) is 0. The van der Waals surface area contributed by atoms with E-state index in [0.29, 0.717) is 12.2 Å². The molecule has 2 heterocycles. The third kappa shape index (κ3) is 1.02. The molecule has 4 atom stereocenters. The van der Waals surface area contributed by atoms with Crippen molar-refractivity contribution in [2.45, 2.75) is 50.7 Å². The Labute approximate surface area is 100 Å². The lowest BCUT2D eigenvalue weighted by molar-refractivity contribution is -0.132. The number of carbonyl (C=O) groups excluding carboxylic acids is 2. The number of hydrogen-bond donors (Lipinski definition) is 0. The van der Waals surface area contributed by atoms with Crippen LogP contribution in [0.3, 0.4) is 0 Å². The first kappa shape index (κ1) is 10.0. The van der Waals surface area contributed by atoms with Gasteiger partial charge in [-0.1, -0.05) is 6.42 Å². The summed E-state index contributed by atoms with van der Waals surface area (Å²) in [5.74, 6) is 0.643. The molecular weight excluding hydrogens is 216 g/mol. The van der Waals surface area contributed by atoms with E-state index in [2.05, 4.69) is 0 Å². The highest BCUT2D eigenvalue weighted by Gasteiger charge is 2.66. The van der Waals surface area contributed by atoms with Crippen molar-refractivity contribution < 1.29 is 14.3 Å². The molecule has 0 amide bonds. The molecule has 2 bridgehead atoms. The van der Waals surface area contributed by atoms with E-state index < -0.39 is 0 Å². The maximum atomic E-state index is 12.5. The molecule has 0 aromatic carbocycles. The summed E-state index contributed by atoms with van der Waals surface area (Å²) in [5.41, 5.74) is 0.778. The van der Waals surface area contributed by atoms with Gasteiger partial charge in [0.1, 0.15) is 11.9 Å². The highest BCUT2D eigenvalue weighted by Crippen LogP contribution is 2.60. The number of ether oxygens (including phenoxy) is 1. The first-order valence-corrected chi connectivity index (χ1v) is 6.66. The van der Waals surface area contributed by atoms with Crippen molar-refractivity contribution in [1.29, 1.82) is 0 Å². The second-order valence-electron chi connectivity index (χ2n) is 5.87. The quantitative estimate of drug-likeness (QED) is 0.639. The van der Waals surface area contributed by atoms with Crippen LogP contribution < -0.4 is 0 Å². The molecule has 0 aromatic rings. The second-order valence-corrected chi connectivity index (χ2v) is 5.87. The van der Waals surface area contributed by atoms with Gasteiger partial charge in [0.25, 0.3) is 0 Å². The highest BCUT2D eigenvalue weighted by atomic mass is 16.5. The number of fused-ring (bicyclic) bond motifs is 2. The van der Waals surface area contributed by atoms with Crippen LogP contribution in [0.5, 0.6) is 0 Å². The van der Waals surface area contributed by atoms with Crippen LogP contribution in [-0.2, 0) is 14.3 Å². The fourth-order valence-corrected chi connectivity index (χ4v) is 4.57. The predicted octanol–water partition coefficient (Wildman–Crippen LogP) is 1.80. The minimum absolute atomic E-state index is 0.0623. The molecule has 4 aliphatic rings. The molecular formula is C14H16O3. The fourth-order valence-electron chi connectivity index (χ4n) is 4.57. The maximum Gasteiger partial charge on any atom is 0.184 e. The van der Waals surface area contributed by atoms with Gasteiger partial charge in [-0.15, -0.1) is 0 Å². The van der Waals surface area contributed by atoms with Gasteiger partial charge in [-0.3, -0.25) is 9.59 Å². The summed E-state index contributed by atoms with van der Waals surface area (Å²) in [5, 5.41) is 0. The van der Waals surface area contributed by atoms with Gasteiger partial charge in [0, 0.05) is 12.3 Å². The highest BCUT2D eigenvalue weighted by molar-refractivity contribution is 5.99. The van der Waals surface area contributed by atoms with Crippen molar-refractivity contribution in [3.63, 3.8) is 0 Å². The van der Waals surface area contributed by atoms with E-state index in [4.69, 9.17) is 4.74 Å². The molecule has 17 heavy (non-hydrogen) atoms. The molecule has 0 radical (unpaired) electrons. The van der Waals surface area contributed by atoms with Crippen LogP contribution in [0.4, 0.5) is 0 Å². The molecule has 3 nitrogen and oxygen atoms in total. The van der Waals surface area contributed by atoms with Crippen molar-refractivity contribution in [2.75, 3.05) is 0 Å². The number of ketones is 2. The van der Waals surface area contributed by atoms with Gasteiger partial charge in [-0.05, 0) is 37.3 Å². The Hall–Kier alpha value is -0.960. The number of hydrogen-bond acceptors (Lipinski definition) is 3. The minimum atomic E-state index is -0.320. The SMILES string of the molecule is O=C1C=C2CCCC(=O)C34CCC[C@H]3[C@H]1O[C@H]24. The van der Waals surface area contributed by atoms with Gasteiger partial charge in [-0.25, -0.2) is 0 Å². The lowest BCUT2D eigenvalue weighted by Crippen LogP contribution is -2.40. The largest absolute Gasteiger partial charge is 0.361 e. The zero-order chi connectivity index (χ0) is 11.6. The Bertz CT molecular complexity index is 450. The van der Waals surface area contributed by atoms with Gasteiger partial charge in [0.2, 0.25) is 0 Å². The number of rotatable bonds is 0. The minimum Gasteiger partial charge on any atom is -0.361 e. The topological polar surface area (TPSA) is 43.4 Å². The number of Topliss-reactive ketones (excluding diaryl/α,β-unsaturated/α-hetero) is 1. The first-order valence-electron chi connectivity index (χ1n) is 6.66. The lowest BCUT2D eigenvalue weighted by atomic mass is 9.70. The van der Waals surface area contributed by atoms with E-state index in [1.165, 1.54) is 0 Å². The van der Waals surface area contributed by atoms with Crippen LogP contribution in [0.1, 0.15) is 38.5 Å². The monoisotopic (exact) mass is 232 g/mol. The molecule has 0 aromatic heterocycles. The van der Waals surface area contributed by atoms with Crippen molar-refractivity contribution in [1.82, 2.24) is 0 Å². The molecule has 4 rings (SSSR count). The van der Waals surface area contributed by atoms with E-state index >= 15 is 0 Å². The molecule has 3 heteroatoms. The Morgan fingerprint density at radius 1 is 1.24 bits per heavy atom. The molecule has 90 valence electrons. The summed E-state index contributed by atoms with van der Waals surface area (Å²) < 4.78 is 5.95. The van der Waals surface area contributed by atoms with Crippen LogP contribution >= 0.6 is 0 Å². The van der Waals surface area contributed by atoms with Crippen molar-refractivity contribution >= 4 is 11.6 Å². The smallest absolute Gasteiger partial charge is 0.184 e. The standard InChI is InChI=1S/C14H16O3/c15-10-7-8-3-1-5-11(16)14-6-2-4-9(14)12(10)17-13(8)14/h7,9,12-13H,1-6H2/t9-,12+,13+,14?/m0/s1. The summed E-state index contributed by atoms with van der Waals surface area (Å²) >= 11 is 0. The third-order valence-corrected chi connectivity index (χ3v) is 5.22. The molecule has 2 aliphatic heterocycles. The Kier molecular flexibility index (Phi) is 1.81. The van der Waals surface area contributed by atoms with E-state index in [-0.39, 0.29) is 29.3 Å². The second kappa shape index (κ2) is 3.08. The van der Waals surface area contributed by atoms with Crippen molar-refractivity contribution in [3.05, 3.63) is 11.6 Å². The molecule has 2 aliphatic carbocycles. The van der Waals surface area contributed by atoms with Crippen LogP contribution in [-0.4, -0.2) is 23.8 Å². The van der Waals surface area contributed by atoms with Gasteiger partial charge < -0.3 is 4.74 Å². The average Bonchev–Trinajstić information content (AvgIpc) is 2.79. The predicted molar refractivity (Wildman–Crippen MR) is 60.4 cm³/mol. The normalized spacial score (nSPS) is 47.8. The zero-order valence-corrected chi connectivity index (χ0v) is 9.78. The molecule has 1 spiro atoms. The third-order valence-electron chi connectivity index (χ3n) is 5.22. The van der Waals surface area contributed by atoms with Crippen LogP contribution in [0, 0.1) is 11.3 Å². The van der Waals surface area contributed by atoms with Gasteiger partial charge in [-0.2, -0.15) is 0 Å². The molecule has 0 N–H and O–H groups in total. The molecule has 1 saturated heterocycles. The van der Waals surface area contributed by atoms with Gasteiger partial charge >= 0.3 is 0 Å². The molecule has 3 fully saturated rings. The number of carbonyl (C=O) groups is 2. The first-order chi connectivity index (χ1) is 8.23. The summed E-state index contributed by atoms with van der Waals surface area (Å²) in [6.07, 6.45) is 6.84. The zero-order valence-electron chi connectivity index (χ0n) is 9.78. The van der Waals surface area contributed by atoms with E-state index in [9.17, 15) is 9.59 Å². The Balaban J connectivity index is 1.94. The van der Waals surface area contributed by atoms with E-state index in [0.717, 1.165) is 37.7 Å². The van der Waals surface area contributed by atoms with E-state index in [1.807, 2.05) is 0 Å². The van der Waals surface area contributed by atoms with Crippen LogP contribution in [0.2, 0.25) is 0 Å². The van der Waals surface area contributed by atoms with E-state index in [1.54, 1.807) is 6.08 Å². The van der Waals surface area contributed by atoms with Crippen LogP contribution in [0.15, 0.2) is 11.6 Å². The van der Waals surface area contributed by atoms with Crippen molar-refractivity contribution in [3.8, 4) is 0 Å². The maximum absolute atomic E-state index is 12.5. The van der Waals surface area contributed by atoms with Crippen LogP contribution in [0.25, 0.3) is 0 Å². The van der Waals surface area contributed by atoms with Gasteiger partial charge in [0.15, 0.2) is 5.78 Å². The average molecular weight is 232 g/mol. The molecule has 2 saturated carbocycles.